The number of thiophene rings is 1. The molecule has 1 aromatic heterocycles. The standard InChI is InChI=1S/C19H19NS/c1-2-20-19(18-9-6-14-21-18)17-12-10-16(11-13-17)15-7-4-3-5-8-15/h3-14,19-20H,2H2,1H3. The van der Waals surface area contributed by atoms with Crippen molar-refractivity contribution in [3.63, 3.8) is 0 Å². The van der Waals surface area contributed by atoms with Gasteiger partial charge in [-0.2, -0.15) is 0 Å². The van der Waals surface area contributed by atoms with Gasteiger partial charge in [0.15, 0.2) is 0 Å². The predicted octanol–water partition coefficient (Wildman–Crippen LogP) is 5.11. The smallest absolute Gasteiger partial charge is 0.0670 e. The Balaban J connectivity index is 1.89. The lowest BCUT2D eigenvalue weighted by atomic mass is 10.00. The third-order valence-corrected chi connectivity index (χ3v) is 4.52. The molecule has 1 nitrogen and oxygen atoms in total. The zero-order valence-electron chi connectivity index (χ0n) is 12.1. The SMILES string of the molecule is CCNC(c1ccc(-c2ccccc2)cc1)c1cccs1. The Morgan fingerprint density at radius 1 is 0.857 bits per heavy atom. The fourth-order valence-electron chi connectivity index (χ4n) is 2.54. The molecule has 1 atom stereocenters. The van der Waals surface area contributed by atoms with Gasteiger partial charge in [-0.25, -0.2) is 0 Å². The monoisotopic (exact) mass is 293 g/mol. The van der Waals surface area contributed by atoms with Crippen LogP contribution in [0.25, 0.3) is 11.1 Å². The third-order valence-electron chi connectivity index (χ3n) is 3.59. The molecule has 0 aliphatic carbocycles. The second kappa shape index (κ2) is 6.70. The van der Waals surface area contributed by atoms with Gasteiger partial charge >= 0.3 is 0 Å². The zero-order chi connectivity index (χ0) is 14.5. The number of hydrogen-bond donors (Lipinski definition) is 1. The van der Waals surface area contributed by atoms with Crippen LogP contribution in [0.3, 0.4) is 0 Å². The average Bonchev–Trinajstić information content (AvgIpc) is 3.08. The first-order valence-electron chi connectivity index (χ1n) is 7.30. The van der Waals surface area contributed by atoms with E-state index in [-0.39, 0.29) is 0 Å². The summed E-state index contributed by atoms with van der Waals surface area (Å²) in [5, 5.41) is 5.71. The van der Waals surface area contributed by atoms with Gasteiger partial charge in [0.1, 0.15) is 0 Å². The van der Waals surface area contributed by atoms with Crippen LogP contribution in [0.15, 0.2) is 72.1 Å². The molecule has 2 heteroatoms. The van der Waals surface area contributed by atoms with Crippen molar-refractivity contribution in [3.8, 4) is 11.1 Å². The van der Waals surface area contributed by atoms with Gasteiger partial charge in [-0.05, 0) is 34.7 Å². The fourth-order valence-corrected chi connectivity index (χ4v) is 3.37. The van der Waals surface area contributed by atoms with Crippen LogP contribution >= 0.6 is 11.3 Å². The number of hydrogen-bond acceptors (Lipinski definition) is 2. The Bertz CT molecular complexity index is 657. The highest BCUT2D eigenvalue weighted by atomic mass is 32.1. The summed E-state index contributed by atoms with van der Waals surface area (Å²) < 4.78 is 0. The van der Waals surface area contributed by atoms with Crippen molar-refractivity contribution in [2.45, 2.75) is 13.0 Å². The molecule has 0 saturated heterocycles. The van der Waals surface area contributed by atoms with Gasteiger partial charge in [0.25, 0.3) is 0 Å². The van der Waals surface area contributed by atoms with Crippen molar-refractivity contribution in [3.05, 3.63) is 82.6 Å². The summed E-state index contributed by atoms with van der Waals surface area (Å²) in [6.45, 7) is 3.11. The Kier molecular flexibility index (Phi) is 4.49. The minimum atomic E-state index is 0.292. The van der Waals surface area contributed by atoms with E-state index in [1.54, 1.807) is 11.3 Å². The lowest BCUT2D eigenvalue weighted by Gasteiger charge is -2.17. The molecule has 106 valence electrons. The molecular formula is C19H19NS. The number of benzene rings is 2. The first kappa shape index (κ1) is 14.1. The highest BCUT2D eigenvalue weighted by Gasteiger charge is 2.13. The van der Waals surface area contributed by atoms with Crippen molar-refractivity contribution in [2.24, 2.45) is 0 Å². The topological polar surface area (TPSA) is 12.0 Å². The van der Waals surface area contributed by atoms with E-state index in [9.17, 15) is 0 Å². The van der Waals surface area contributed by atoms with E-state index < -0.39 is 0 Å². The first-order chi connectivity index (χ1) is 10.4. The van der Waals surface area contributed by atoms with E-state index in [1.165, 1.54) is 21.6 Å². The summed E-state index contributed by atoms with van der Waals surface area (Å²) in [6, 6.07) is 24.0. The zero-order valence-corrected chi connectivity index (χ0v) is 12.9. The third kappa shape index (κ3) is 3.23. The summed E-state index contributed by atoms with van der Waals surface area (Å²) in [4.78, 5) is 1.37. The van der Waals surface area contributed by atoms with E-state index >= 15 is 0 Å². The summed E-state index contributed by atoms with van der Waals surface area (Å²) >= 11 is 1.80. The molecule has 0 aliphatic heterocycles. The maximum Gasteiger partial charge on any atom is 0.0670 e. The molecule has 21 heavy (non-hydrogen) atoms. The average molecular weight is 293 g/mol. The summed E-state index contributed by atoms with van der Waals surface area (Å²) in [6.07, 6.45) is 0. The second-order valence-electron chi connectivity index (χ2n) is 4.99. The molecule has 0 bridgehead atoms. The Morgan fingerprint density at radius 2 is 1.57 bits per heavy atom. The maximum absolute atomic E-state index is 3.57. The van der Waals surface area contributed by atoms with Gasteiger partial charge in [-0.3, -0.25) is 0 Å². The highest BCUT2D eigenvalue weighted by molar-refractivity contribution is 7.10. The molecule has 1 N–H and O–H groups in total. The quantitative estimate of drug-likeness (QED) is 0.689. The van der Waals surface area contributed by atoms with Crippen molar-refractivity contribution < 1.29 is 0 Å². The molecule has 0 aliphatic rings. The maximum atomic E-state index is 3.57. The summed E-state index contributed by atoms with van der Waals surface area (Å²) in [7, 11) is 0. The Hall–Kier alpha value is -1.90. The Morgan fingerprint density at radius 3 is 2.19 bits per heavy atom. The highest BCUT2D eigenvalue weighted by Crippen LogP contribution is 2.28. The molecule has 3 rings (SSSR count). The van der Waals surface area contributed by atoms with Crippen LogP contribution in [0.4, 0.5) is 0 Å². The molecular weight excluding hydrogens is 274 g/mol. The molecule has 3 aromatic rings. The van der Waals surface area contributed by atoms with E-state index in [0.717, 1.165) is 6.54 Å². The van der Waals surface area contributed by atoms with Crippen LogP contribution in [0.5, 0.6) is 0 Å². The van der Waals surface area contributed by atoms with Gasteiger partial charge in [-0.1, -0.05) is 67.6 Å². The Labute approximate surface area is 130 Å². The predicted molar refractivity (Wildman–Crippen MR) is 91.7 cm³/mol. The number of nitrogens with one attached hydrogen (secondary N) is 1. The van der Waals surface area contributed by atoms with Crippen molar-refractivity contribution in [1.29, 1.82) is 0 Å². The van der Waals surface area contributed by atoms with Gasteiger partial charge in [0.2, 0.25) is 0 Å². The van der Waals surface area contributed by atoms with Gasteiger partial charge in [-0.15, -0.1) is 11.3 Å². The molecule has 0 saturated carbocycles. The van der Waals surface area contributed by atoms with Crippen LogP contribution in [-0.2, 0) is 0 Å². The van der Waals surface area contributed by atoms with Gasteiger partial charge in [0.05, 0.1) is 6.04 Å². The van der Waals surface area contributed by atoms with Crippen LogP contribution in [0.1, 0.15) is 23.4 Å². The minimum absolute atomic E-state index is 0.292. The fraction of sp³-hybridized carbons (Fsp3) is 0.158. The first-order valence-corrected chi connectivity index (χ1v) is 8.18. The number of rotatable bonds is 5. The van der Waals surface area contributed by atoms with Crippen molar-refractivity contribution >= 4 is 11.3 Å². The van der Waals surface area contributed by atoms with Crippen molar-refractivity contribution in [2.75, 3.05) is 6.54 Å². The summed E-state index contributed by atoms with van der Waals surface area (Å²) in [5.41, 5.74) is 3.85. The lowest BCUT2D eigenvalue weighted by molar-refractivity contribution is 0.640. The molecule has 0 fully saturated rings. The molecule has 2 aromatic carbocycles. The molecule has 1 unspecified atom stereocenters. The normalized spacial score (nSPS) is 12.2. The minimum Gasteiger partial charge on any atom is -0.306 e. The van der Waals surface area contributed by atoms with Crippen LogP contribution < -0.4 is 5.32 Å². The second-order valence-corrected chi connectivity index (χ2v) is 5.97. The van der Waals surface area contributed by atoms with Crippen LogP contribution in [0, 0.1) is 0 Å². The van der Waals surface area contributed by atoms with Crippen LogP contribution in [0.2, 0.25) is 0 Å². The van der Waals surface area contributed by atoms with E-state index in [1.807, 2.05) is 0 Å². The van der Waals surface area contributed by atoms with Crippen LogP contribution in [-0.4, -0.2) is 6.54 Å². The molecule has 1 heterocycles. The lowest BCUT2D eigenvalue weighted by Crippen LogP contribution is -2.20. The van der Waals surface area contributed by atoms with Gasteiger partial charge in [0, 0.05) is 4.88 Å². The largest absolute Gasteiger partial charge is 0.306 e. The molecule has 0 radical (unpaired) electrons. The van der Waals surface area contributed by atoms with E-state index in [4.69, 9.17) is 0 Å². The van der Waals surface area contributed by atoms with E-state index in [2.05, 4.69) is 84.4 Å². The van der Waals surface area contributed by atoms with Crippen molar-refractivity contribution in [1.82, 2.24) is 5.32 Å². The molecule has 0 spiro atoms. The van der Waals surface area contributed by atoms with E-state index in [0.29, 0.717) is 6.04 Å². The van der Waals surface area contributed by atoms with Gasteiger partial charge < -0.3 is 5.32 Å². The summed E-state index contributed by atoms with van der Waals surface area (Å²) in [5.74, 6) is 0. The molecule has 0 amide bonds.